The maximum Gasteiger partial charge on any atom is 0.265 e. The monoisotopic (exact) mass is 281 g/mol. The Balaban J connectivity index is 2.23. The van der Waals surface area contributed by atoms with E-state index >= 15 is 0 Å². The molecule has 2 heterocycles. The van der Waals surface area contributed by atoms with Crippen molar-refractivity contribution in [3.8, 4) is 0 Å². The standard InChI is InChI=1S/C14H23N3OS/c1-9-6-17(7-10(2)16-9)13(18)11-12(14(3,4)5)15-8-19-11/h8-10,16H,6-7H2,1-5H3/t9-,10+. The number of piperazine rings is 1. The van der Waals surface area contributed by atoms with Gasteiger partial charge in [0.25, 0.3) is 5.91 Å². The first-order valence-electron chi connectivity index (χ1n) is 6.78. The van der Waals surface area contributed by atoms with Crippen molar-refractivity contribution in [1.29, 1.82) is 0 Å². The van der Waals surface area contributed by atoms with Crippen molar-refractivity contribution in [3.63, 3.8) is 0 Å². The van der Waals surface area contributed by atoms with Crippen molar-refractivity contribution in [2.24, 2.45) is 0 Å². The Morgan fingerprint density at radius 1 is 1.37 bits per heavy atom. The van der Waals surface area contributed by atoms with Gasteiger partial charge in [0.2, 0.25) is 0 Å². The highest BCUT2D eigenvalue weighted by Crippen LogP contribution is 2.28. The Bertz CT molecular complexity index is 454. The Morgan fingerprint density at radius 3 is 2.47 bits per heavy atom. The van der Waals surface area contributed by atoms with Crippen LogP contribution >= 0.6 is 11.3 Å². The molecule has 0 aliphatic carbocycles. The first kappa shape index (κ1) is 14.5. The highest BCUT2D eigenvalue weighted by atomic mass is 32.1. The molecule has 0 bridgehead atoms. The molecule has 5 heteroatoms. The fourth-order valence-corrected chi connectivity index (χ4v) is 3.53. The van der Waals surface area contributed by atoms with Crippen LogP contribution in [0.5, 0.6) is 0 Å². The van der Waals surface area contributed by atoms with Gasteiger partial charge in [-0.1, -0.05) is 20.8 Å². The zero-order valence-electron chi connectivity index (χ0n) is 12.4. The number of rotatable bonds is 1. The number of nitrogens with one attached hydrogen (secondary N) is 1. The maximum atomic E-state index is 12.7. The van der Waals surface area contributed by atoms with Crippen molar-refractivity contribution in [2.75, 3.05) is 13.1 Å². The highest BCUT2D eigenvalue weighted by Gasteiger charge is 2.31. The molecule has 0 spiro atoms. The van der Waals surface area contributed by atoms with Crippen molar-refractivity contribution in [3.05, 3.63) is 16.1 Å². The SMILES string of the molecule is C[C@@H]1CN(C(=O)c2scnc2C(C)(C)C)C[C@H](C)N1. The lowest BCUT2D eigenvalue weighted by Gasteiger charge is -2.36. The van der Waals surface area contributed by atoms with Crippen LogP contribution in [0, 0.1) is 0 Å². The van der Waals surface area contributed by atoms with Gasteiger partial charge in [0.05, 0.1) is 11.2 Å². The lowest BCUT2D eigenvalue weighted by Crippen LogP contribution is -2.55. The molecular formula is C14H23N3OS. The van der Waals surface area contributed by atoms with E-state index in [-0.39, 0.29) is 11.3 Å². The molecule has 2 rings (SSSR count). The zero-order chi connectivity index (χ0) is 14.2. The summed E-state index contributed by atoms with van der Waals surface area (Å²) in [6, 6.07) is 0.692. The van der Waals surface area contributed by atoms with Gasteiger partial charge in [-0.25, -0.2) is 4.98 Å². The van der Waals surface area contributed by atoms with Crippen LogP contribution in [0.15, 0.2) is 5.51 Å². The topological polar surface area (TPSA) is 45.2 Å². The number of nitrogens with zero attached hydrogens (tertiary/aromatic N) is 2. The van der Waals surface area contributed by atoms with E-state index < -0.39 is 0 Å². The summed E-state index contributed by atoms with van der Waals surface area (Å²) < 4.78 is 0. The van der Waals surface area contributed by atoms with E-state index in [0.29, 0.717) is 12.1 Å². The minimum atomic E-state index is -0.0870. The summed E-state index contributed by atoms with van der Waals surface area (Å²) >= 11 is 1.46. The molecule has 19 heavy (non-hydrogen) atoms. The molecule has 1 fully saturated rings. The number of carbonyl (C=O) groups excluding carboxylic acids is 1. The molecule has 1 N–H and O–H groups in total. The van der Waals surface area contributed by atoms with Crippen molar-refractivity contribution in [2.45, 2.75) is 52.1 Å². The second kappa shape index (κ2) is 5.21. The summed E-state index contributed by atoms with van der Waals surface area (Å²) in [5.41, 5.74) is 2.61. The highest BCUT2D eigenvalue weighted by molar-refractivity contribution is 7.11. The van der Waals surface area contributed by atoms with Crippen LogP contribution in [0.1, 0.15) is 50.0 Å². The van der Waals surface area contributed by atoms with Gasteiger partial charge < -0.3 is 10.2 Å². The Morgan fingerprint density at radius 2 is 1.95 bits per heavy atom. The minimum Gasteiger partial charge on any atom is -0.335 e. The summed E-state index contributed by atoms with van der Waals surface area (Å²) in [5.74, 6) is 0.132. The number of thiazole rings is 1. The lowest BCUT2D eigenvalue weighted by molar-refractivity contribution is 0.0676. The Labute approximate surface area is 119 Å². The lowest BCUT2D eigenvalue weighted by atomic mass is 9.91. The van der Waals surface area contributed by atoms with Crippen molar-refractivity contribution < 1.29 is 4.79 Å². The third kappa shape index (κ3) is 3.15. The van der Waals surface area contributed by atoms with E-state index in [0.717, 1.165) is 23.7 Å². The zero-order valence-corrected chi connectivity index (χ0v) is 13.2. The van der Waals surface area contributed by atoms with Gasteiger partial charge in [0.1, 0.15) is 4.88 Å². The average Bonchev–Trinajstić information content (AvgIpc) is 2.74. The quantitative estimate of drug-likeness (QED) is 0.859. The van der Waals surface area contributed by atoms with Gasteiger partial charge in [-0.15, -0.1) is 11.3 Å². The largest absolute Gasteiger partial charge is 0.335 e. The van der Waals surface area contributed by atoms with Gasteiger partial charge in [-0.3, -0.25) is 4.79 Å². The molecule has 0 unspecified atom stereocenters. The molecule has 1 aromatic rings. The molecule has 1 saturated heterocycles. The van der Waals surface area contributed by atoms with Gasteiger partial charge in [-0.2, -0.15) is 0 Å². The second-order valence-electron chi connectivity index (χ2n) is 6.46. The molecule has 1 amide bonds. The van der Waals surface area contributed by atoms with E-state index in [1.807, 2.05) is 4.90 Å². The van der Waals surface area contributed by atoms with Gasteiger partial charge in [0.15, 0.2) is 0 Å². The van der Waals surface area contributed by atoms with E-state index in [4.69, 9.17) is 0 Å². The summed E-state index contributed by atoms with van der Waals surface area (Å²) in [6.07, 6.45) is 0. The fraction of sp³-hybridized carbons (Fsp3) is 0.714. The van der Waals surface area contributed by atoms with E-state index in [9.17, 15) is 4.79 Å². The van der Waals surface area contributed by atoms with Gasteiger partial charge in [0, 0.05) is 30.6 Å². The second-order valence-corrected chi connectivity index (χ2v) is 7.31. The summed E-state index contributed by atoms with van der Waals surface area (Å²) in [5, 5.41) is 3.45. The number of carbonyl (C=O) groups is 1. The number of aromatic nitrogens is 1. The van der Waals surface area contributed by atoms with Crippen LogP contribution in [-0.4, -0.2) is 41.0 Å². The molecule has 0 saturated carbocycles. The van der Waals surface area contributed by atoms with Crippen molar-refractivity contribution in [1.82, 2.24) is 15.2 Å². The van der Waals surface area contributed by atoms with Crippen LogP contribution in [0.2, 0.25) is 0 Å². The summed E-state index contributed by atoms with van der Waals surface area (Å²) in [7, 11) is 0. The first-order valence-corrected chi connectivity index (χ1v) is 7.66. The Kier molecular flexibility index (Phi) is 3.97. The third-order valence-corrected chi connectivity index (χ3v) is 4.13. The van der Waals surface area contributed by atoms with Gasteiger partial charge >= 0.3 is 0 Å². The van der Waals surface area contributed by atoms with E-state index in [1.54, 1.807) is 5.51 Å². The third-order valence-electron chi connectivity index (χ3n) is 3.32. The van der Waals surface area contributed by atoms with E-state index in [1.165, 1.54) is 11.3 Å². The van der Waals surface area contributed by atoms with Crippen LogP contribution in [0.3, 0.4) is 0 Å². The molecule has 0 radical (unpaired) electrons. The minimum absolute atomic E-state index is 0.0870. The molecular weight excluding hydrogens is 258 g/mol. The molecule has 1 aromatic heterocycles. The van der Waals surface area contributed by atoms with Gasteiger partial charge in [-0.05, 0) is 13.8 Å². The van der Waals surface area contributed by atoms with Crippen LogP contribution in [0.4, 0.5) is 0 Å². The predicted molar refractivity (Wildman–Crippen MR) is 78.8 cm³/mol. The number of hydrogen-bond donors (Lipinski definition) is 1. The number of amides is 1. The van der Waals surface area contributed by atoms with Crippen LogP contribution in [0.25, 0.3) is 0 Å². The molecule has 1 aliphatic rings. The smallest absolute Gasteiger partial charge is 0.265 e. The molecule has 1 aliphatic heterocycles. The average molecular weight is 281 g/mol. The molecule has 2 atom stereocenters. The Hall–Kier alpha value is -0.940. The maximum absolute atomic E-state index is 12.7. The normalized spacial score (nSPS) is 24.6. The first-order chi connectivity index (χ1) is 8.79. The molecule has 0 aromatic carbocycles. The summed E-state index contributed by atoms with van der Waals surface area (Å²) in [6.45, 7) is 12.1. The fourth-order valence-electron chi connectivity index (χ4n) is 2.57. The van der Waals surface area contributed by atoms with Crippen LogP contribution < -0.4 is 5.32 Å². The summed E-state index contributed by atoms with van der Waals surface area (Å²) in [4.78, 5) is 19.8. The predicted octanol–water partition coefficient (Wildman–Crippen LogP) is 2.26. The van der Waals surface area contributed by atoms with Crippen molar-refractivity contribution >= 4 is 17.2 Å². The van der Waals surface area contributed by atoms with E-state index in [2.05, 4.69) is 44.9 Å². The molecule has 106 valence electrons. The van der Waals surface area contributed by atoms with Crippen LogP contribution in [-0.2, 0) is 5.41 Å². The number of hydrogen-bond acceptors (Lipinski definition) is 4. The molecule has 4 nitrogen and oxygen atoms in total.